The molecule has 1 aromatic carbocycles. The maximum absolute atomic E-state index is 11.9. The molecule has 0 bridgehead atoms. The molecular weight excluding hydrogens is 228 g/mol. The van der Waals surface area contributed by atoms with Crippen LogP contribution >= 0.6 is 0 Å². The average Bonchev–Trinajstić information content (AvgIpc) is 2.76. The molecule has 0 unspecified atom stereocenters. The van der Waals surface area contributed by atoms with Crippen molar-refractivity contribution in [1.29, 1.82) is 0 Å². The summed E-state index contributed by atoms with van der Waals surface area (Å²) in [6.07, 6.45) is -0.157. The van der Waals surface area contributed by atoms with Crippen molar-refractivity contribution < 1.29 is 14.0 Å². The van der Waals surface area contributed by atoms with Gasteiger partial charge in [0, 0.05) is 5.56 Å². The second-order valence-electron chi connectivity index (χ2n) is 4.30. The summed E-state index contributed by atoms with van der Waals surface area (Å²) in [6, 6.07) is 10.5. The van der Waals surface area contributed by atoms with Gasteiger partial charge in [0.05, 0.1) is 6.42 Å². The van der Waals surface area contributed by atoms with Crippen molar-refractivity contribution in [2.24, 2.45) is 0 Å². The molecule has 0 saturated heterocycles. The second-order valence-corrected chi connectivity index (χ2v) is 4.30. The van der Waals surface area contributed by atoms with Gasteiger partial charge < -0.3 is 4.42 Å². The molecule has 0 amide bonds. The highest BCUT2D eigenvalue weighted by molar-refractivity contribution is 6.12. The van der Waals surface area contributed by atoms with Crippen LogP contribution in [0.1, 0.15) is 38.7 Å². The highest BCUT2D eigenvalue weighted by Gasteiger charge is 2.16. The first kappa shape index (κ1) is 12.3. The van der Waals surface area contributed by atoms with E-state index in [1.807, 2.05) is 19.1 Å². The number of rotatable bonds is 4. The van der Waals surface area contributed by atoms with Crippen molar-refractivity contribution in [2.45, 2.75) is 20.3 Å². The number of ketones is 2. The molecule has 0 aliphatic rings. The predicted octanol–water partition coefficient (Wildman–Crippen LogP) is 3.35. The summed E-state index contributed by atoms with van der Waals surface area (Å²) in [5.41, 5.74) is 1.64. The van der Waals surface area contributed by atoms with E-state index < -0.39 is 0 Å². The van der Waals surface area contributed by atoms with Gasteiger partial charge in [0.1, 0.15) is 5.76 Å². The second kappa shape index (κ2) is 5.00. The molecule has 92 valence electrons. The van der Waals surface area contributed by atoms with E-state index in [0.29, 0.717) is 11.3 Å². The van der Waals surface area contributed by atoms with Crippen molar-refractivity contribution in [1.82, 2.24) is 0 Å². The molecule has 3 heteroatoms. The van der Waals surface area contributed by atoms with E-state index in [4.69, 9.17) is 4.42 Å². The zero-order valence-electron chi connectivity index (χ0n) is 10.4. The fourth-order valence-electron chi connectivity index (χ4n) is 1.66. The van der Waals surface area contributed by atoms with Crippen LogP contribution in [0.25, 0.3) is 0 Å². The lowest BCUT2D eigenvalue weighted by Gasteiger charge is -2.00. The van der Waals surface area contributed by atoms with Gasteiger partial charge in [-0.2, -0.15) is 0 Å². The highest BCUT2D eigenvalue weighted by atomic mass is 16.3. The normalized spacial score (nSPS) is 10.3. The predicted molar refractivity (Wildman–Crippen MR) is 67.9 cm³/mol. The monoisotopic (exact) mass is 242 g/mol. The minimum atomic E-state index is -0.284. The first-order chi connectivity index (χ1) is 8.56. The van der Waals surface area contributed by atoms with E-state index in [9.17, 15) is 9.59 Å². The standard InChI is InChI=1S/C15H14O3/c1-10-3-6-12(7-4-10)13(16)9-14(17)15-8-5-11(2)18-15/h3-8H,9H2,1-2H3. The Labute approximate surface area is 105 Å². The fourth-order valence-corrected chi connectivity index (χ4v) is 1.66. The molecule has 3 nitrogen and oxygen atoms in total. The Morgan fingerprint density at radius 1 is 0.944 bits per heavy atom. The Kier molecular flexibility index (Phi) is 3.42. The van der Waals surface area contributed by atoms with E-state index >= 15 is 0 Å². The van der Waals surface area contributed by atoms with Crippen LogP contribution in [0.2, 0.25) is 0 Å². The summed E-state index contributed by atoms with van der Waals surface area (Å²) in [5, 5.41) is 0. The lowest BCUT2D eigenvalue weighted by Crippen LogP contribution is -2.07. The molecule has 0 aliphatic heterocycles. The molecule has 2 rings (SSSR count). The average molecular weight is 242 g/mol. The zero-order valence-corrected chi connectivity index (χ0v) is 10.4. The van der Waals surface area contributed by atoms with Crippen molar-refractivity contribution in [2.75, 3.05) is 0 Å². The van der Waals surface area contributed by atoms with Gasteiger partial charge in [0.2, 0.25) is 5.78 Å². The van der Waals surface area contributed by atoms with E-state index in [1.54, 1.807) is 31.2 Å². The van der Waals surface area contributed by atoms with Gasteiger partial charge >= 0.3 is 0 Å². The minimum absolute atomic E-state index is 0.157. The first-order valence-electron chi connectivity index (χ1n) is 5.76. The van der Waals surface area contributed by atoms with Gasteiger partial charge in [-0.15, -0.1) is 0 Å². The summed E-state index contributed by atoms with van der Waals surface area (Å²) in [6.45, 7) is 3.71. The quantitative estimate of drug-likeness (QED) is 0.610. The Balaban J connectivity index is 2.08. The molecule has 1 aromatic heterocycles. The number of Topliss-reactive ketones (excluding diaryl/α,β-unsaturated/α-hetero) is 2. The molecule has 0 N–H and O–H groups in total. The third-order valence-electron chi connectivity index (χ3n) is 2.71. The first-order valence-corrected chi connectivity index (χ1v) is 5.76. The van der Waals surface area contributed by atoms with Crippen LogP contribution in [0.15, 0.2) is 40.8 Å². The number of aryl methyl sites for hydroxylation is 2. The Morgan fingerprint density at radius 3 is 2.17 bits per heavy atom. The third-order valence-corrected chi connectivity index (χ3v) is 2.71. The summed E-state index contributed by atoms with van der Waals surface area (Å²) < 4.78 is 5.20. The van der Waals surface area contributed by atoms with E-state index in [1.165, 1.54) is 0 Å². The van der Waals surface area contributed by atoms with Gasteiger partial charge in [-0.3, -0.25) is 9.59 Å². The van der Waals surface area contributed by atoms with E-state index in [2.05, 4.69) is 0 Å². The topological polar surface area (TPSA) is 47.3 Å². The van der Waals surface area contributed by atoms with Gasteiger partial charge in [-0.1, -0.05) is 29.8 Å². The molecule has 0 saturated carbocycles. The Hall–Kier alpha value is -2.16. The van der Waals surface area contributed by atoms with Gasteiger partial charge in [-0.05, 0) is 26.0 Å². The highest BCUT2D eigenvalue weighted by Crippen LogP contribution is 2.12. The number of carbonyl (C=O) groups excluding carboxylic acids is 2. The van der Waals surface area contributed by atoms with Crippen LogP contribution < -0.4 is 0 Å². The summed E-state index contributed by atoms with van der Waals surface area (Å²) in [4.78, 5) is 23.7. The summed E-state index contributed by atoms with van der Waals surface area (Å²) >= 11 is 0. The molecule has 1 heterocycles. The molecule has 0 aliphatic carbocycles. The lowest BCUT2D eigenvalue weighted by molar-refractivity contribution is 0.0877. The summed E-state index contributed by atoms with van der Waals surface area (Å²) in [7, 11) is 0. The van der Waals surface area contributed by atoms with Crippen LogP contribution in [-0.4, -0.2) is 11.6 Å². The van der Waals surface area contributed by atoms with Crippen LogP contribution in [-0.2, 0) is 0 Å². The number of furan rings is 1. The van der Waals surface area contributed by atoms with Crippen LogP contribution in [0.4, 0.5) is 0 Å². The maximum atomic E-state index is 11.9. The summed E-state index contributed by atoms with van der Waals surface area (Å²) in [5.74, 6) is 0.442. The lowest BCUT2D eigenvalue weighted by atomic mass is 10.0. The fraction of sp³-hybridized carbons (Fsp3) is 0.200. The van der Waals surface area contributed by atoms with Gasteiger partial charge in [-0.25, -0.2) is 0 Å². The molecule has 0 spiro atoms. The van der Waals surface area contributed by atoms with E-state index in [0.717, 1.165) is 5.56 Å². The number of benzene rings is 1. The van der Waals surface area contributed by atoms with Crippen LogP contribution in [0.3, 0.4) is 0 Å². The zero-order chi connectivity index (χ0) is 13.1. The SMILES string of the molecule is Cc1ccc(C(=O)CC(=O)c2ccc(C)o2)cc1. The number of hydrogen-bond acceptors (Lipinski definition) is 3. The van der Waals surface area contributed by atoms with Crippen molar-refractivity contribution in [3.63, 3.8) is 0 Å². The molecule has 2 aromatic rings. The molecule has 0 fully saturated rings. The number of hydrogen-bond donors (Lipinski definition) is 0. The smallest absolute Gasteiger partial charge is 0.205 e. The number of carbonyl (C=O) groups is 2. The van der Waals surface area contributed by atoms with Gasteiger partial charge in [0.25, 0.3) is 0 Å². The maximum Gasteiger partial charge on any atom is 0.205 e. The Bertz CT molecular complexity index is 576. The van der Waals surface area contributed by atoms with Crippen molar-refractivity contribution >= 4 is 11.6 Å². The van der Waals surface area contributed by atoms with E-state index in [-0.39, 0.29) is 23.7 Å². The van der Waals surface area contributed by atoms with Crippen LogP contribution in [0.5, 0.6) is 0 Å². The molecule has 0 atom stereocenters. The van der Waals surface area contributed by atoms with Crippen molar-refractivity contribution in [3.05, 3.63) is 59.0 Å². The largest absolute Gasteiger partial charge is 0.458 e. The van der Waals surface area contributed by atoms with Gasteiger partial charge in [0.15, 0.2) is 11.5 Å². The third kappa shape index (κ3) is 2.74. The minimum Gasteiger partial charge on any atom is -0.458 e. The van der Waals surface area contributed by atoms with Crippen LogP contribution in [0, 0.1) is 13.8 Å². The van der Waals surface area contributed by atoms with Crippen molar-refractivity contribution in [3.8, 4) is 0 Å². The molecular formula is C15H14O3. The molecule has 18 heavy (non-hydrogen) atoms. The Morgan fingerprint density at radius 2 is 1.61 bits per heavy atom. The molecule has 0 radical (unpaired) electrons.